The highest BCUT2D eigenvalue weighted by atomic mass is 19.4. The molecule has 0 amide bonds. The van der Waals surface area contributed by atoms with Gasteiger partial charge in [0.1, 0.15) is 31.0 Å². The molecule has 32 heavy (non-hydrogen) atoms. The maximum atomic E-state index is 12.9. The smallest absolute Gasteiger partial charge is 0.430 e. The molecule has 168 valence electrons. The molecule has 2 heterocycles. The number of rotatable bonds is 3. The number of nitrogens with zero attached hydrogens (tertiary/aromatic N) is 2. The van der Waals surface area contributed by atoms with Crippen LogP contribution in [0.4, 0.5) is 13.2 Å². The zero-order chi connectivity index (χ0) is 23.6. The Hall–Kier alpha value is -3.82. The quantitative estimate of drug-likeness (QED) is 0.693. The van der Waals surface area contributed by atoms with Crippen molar-refractivity contribution in [2.24, 2.45) is 7.05 Å². The summed E-state index contributed by atoms with van der Waals surface area (Å²) in [6.07, 6.45) is 3.41. The molecule has 0 atom stereocenters. The second-order valence-electron chi connectivity index (χ2n) is 7.29. The summed E-state index contributed by atoms with van der Waals surface area (Å²) in [5.74, 6) is -2.76. The predicted molar refractivity (Wildman–Crippen MR) is 108 cm³/mol. The Morgan fingerprint density at radius 3 is 2.50 bits per heavy atom. The van der Waals surface area contributed by atoms with Gasteiger partial charge < -0.3 is 24.9 Å². The van der Waals surface area contributed by atoms with Gasteiger partial charge in [-0.15, -0.1) is 0 Å². The number of carbonyl (C=O) groups excluding carboxylic acids is 2. The molecule has 0 radical (unpaired) electrons. The number of benzene rings is 1. The molecule has 10 heteroatoms. The zero-order valence-electron chi connectivity index (χ0n) is 17.2. The van der Waals surface area contributed by atoms with Gasteiger partial charge in [0.2, 0.25) is 11.5 Å². The third-order valence-electron chi connectivity index (χ3n) is 5.02. The van der Waals surface area contributed by atoms with Crippen LogP contribution in [-0.4, -0.2) is 51.5 Å². The Kier molecular flexibility index (Phi) is 6.24. The summed E-state index contributed by atoms with van der Waals surface area (Å²) < 4.78 is 35.7. The van der Waals surface area contributed by atoms with Gasteiger partial charge >= 0.3 is 6.18 Å². The van der Waals surface area contributed by atoms with Crippen LogP contribution in [0.25, 0.3) is 6.08 Å². The van der Waals surface area contributed by atoms with Gasteiger partial charge in [-0.1, -0.05) is 12.1 Å². The summed E-state index contributed by atoms with van der Waals surface area (Å²) >= 11 is 0. The molecular formula is C22H20F3N3O4. The average molecular weight is 447 g/mol. The van der Waals surface area contributed by atoms with Crippen LogP contribution in [0.1, 0.15) is 27.2 Å². The first kappa shape index (κ1) is 22.9. The van der Waals surface area contributed by atoms with E-state index in [1.165, 1.54) is 5.56 Å². The first-order chi connectivity index (χ1) is 15.0. The van der Waals surface area contributed by atoms with Crippen LogP contribution in [0.2, 0.25) is 0 Å². The van der Waals surface area contributed by atoms with E-state index >= 15 is 0 Å². The highest BCUT2D eigenvalue weighted by Gasteiger charge is 2.36. The number of nitrogens with one attached hydrogen (secondary N) is 1. The second kappa shape index (κ2) is 8.74. The number of allylic oxidation sites excluding steroid dienone is 2. The van der Waals surface area contributed by atoms with Gasteiger partial charge in [0.05, 0.1) is 11.3 Å². The van der Waals surface area contributed by atoms with Crippen molar-refractivity contribution in [3.05, 3.63) is 70.8 Å². The topological polar surface area (TPSA) is 97.4 Å². The number of phenols is 1. The molecule has 1 aliphatic heterocycles. The maximum Gasteiger partial charge on any atom is 0.430 e. The van der Waals surface area contributed by atoms with Gasteiger partial charge in [0.15, 0.2) is 0 Å². The normalized spacial score (nSPS) is 15.2. The first-order valence-corrected chi connectivity index (χ1v) is 9.52. The number of hydrogen-bond donors (Lipinski definition) is 2. The van der Waals surface area contributed by atoms with Gasteiger partial charge in [-0.2, -0.15) is 13.2 Å². The van der Waals surface area contributed by atoms with E-state index in [2.05, 4.69) is 23.1 Å². The Bertz CT molecular complexity index is 1160. The molecule has 0 saturated carbocycles. The van der Waals surface area contributed by atoms with Gasteiger partial charge in [-0.25, -0.2) is 4.58 Å². The van der Waals surface area contributed by atoms with E-state index in [-0.39, 0.29) is 11.5 Å². The van der Waals surface area contributed by atoms with Crippen molar-refractivity contribution in [3.63, 3.8) is 0 Å². The lowest BCUT2D eigenvalue weighted by Gasteiger charge is -2.18. The number of alkyl halides is 3. The zero-order valence-corrected chi connectivity index (χ0v) is 17.2. The number of aromatic hydroxyl groups is 1. The number of aryl methyl sites for hydroxylation is 1. The number of ketones is 1. The van der Waals surface area contributed by atoms with Crippen molar-refractivity contribution >= 4 is 23.5 Å². The van der Waals surface area contributed by atoms with Crippen LogP contribution in [-0.2, 0) is 18.3 Å². The van der Waals surface area contributed by atoms with Crippen LogP contribution in [0, 0.1) is 0 Å². The SMILES string of the molecule is Cn1cc2c3c1C(=O)C(N/C=C/c1ccc(O)cc1)=CC3=[N+](C)CC2.O=C([O-])C(F)(F)F. The molecule has 7 nitrogen and oxygen atoms in total. The molecule has 0 bridgehead atoms. The molecule has 0 unspecified atom stereocenters. The highest BCUT2D eigenvalue weighted by Crippen LogP contribution is 2.28. The molecule has 1 aromatic carbocycles. The van der Waals surface area contributed by atoms with Crippen LogP contribution >= 0.6 is 0 Å². The summed E-state index contributed by atoms with van der Waals surface area (Å²) in [5, 5.41) is 21.2. The van der Waals surface area contributed by atoms with E-state index < -0.39 is 12.1 Å². The first-order valence-electron chi connectivity index (χ1n) is 9.52. The minimum absolute atomic E-state index is 0.0122. The number of hydrogen-bond acceptors (Lipinski definition) is 5. The molecule has 1 aromatic heterocycles. The van der Waals surface area contributed by atoms with Gasteiger partial charge in [0.25, 0.3) is 0 Å². The fraction of sp³-hybridized carbons (Fsp3) is 0.227. The van der Waals surface area contributed by atoms with Crippen molar-refractivity contribution in [3.8, 4) is 5.75 Å². The third kappa shape index (κ3) is 4.74. The van der Waals surface area contributed by atoms with E-state index in [9.17, 15) is 23.1 Å². The average Bonchev–Trinajstić information content (AvgIpc) is 3.06. The predicted octanol–water partition coefficient (Wildman–Crippen LogP) is 1.36. The number of aromatic nitrogens is 1. The third-order valence-corrected chi connectivity index (χ3v) is 5.02. The standard InChI is InChI=1S/C20H19N3O2.C2HF3O2/c1-22-10-8-14-12-23(2)19-18(14)17(22)11-16(20(19)25)21-9-7-13-3-5-15(24)6-4-13;3-2(4,5)1(6)7/h3-7,9,11-12H,8,10H2,1-2H3,(H,24,25);(H,6,7). The van der Waals surface area contributed by atoms with Gasteiger partial charge in [-0.05, 0) is 29.3 Å². The monoisotopic (exact) mass is 447 g/mol. The van der Waals surface area contributed by atoms with Crippen LogP contribution in [0.3, 0.4) is 0 Å². The second-order valence-corrected chi connectivity index (χ2v) is 7.29. The lowest BCUT2D eigenvalue weighted by molar-refractivity contribution is -0.497. The molecule has 1 aliphatic carbocycles. The largest absolute Gasteiger partial charge is 0.542 e. The lowest BCUT2D eigenvalue weighted by atomic mass is 9.92. The molecule has 0 fully saturated rings. The molecule has 0 saturated heterocycles. The summed E-state index contributed by atoms with van der Waals surface area (Å²) in [5.41, 5.74) is 5.68. The number of carbonyl (C=O) groups is 2. The number of likely N-dealkylation sites (N-methyl/N-ethyl adjacent to an activating group) is 1. The Labute approximate surface area is 181 Å². The molecule has 0 spiro atoms. The van der Waals surface area contributed by atoms with Crippen LogP contribution in [0.5, 0.6) is 5.75 Å². The number of carboxylic acid groups (broad SMARTS) is 1. The highest BCUT2D eigenvalue weighted by molar-refractivity contribution is 6.24. The fourth-order valence-electron chi connectivity index (χ4n) is 3.47. The molecule has 2 N–H and O–H groups in total. The number of phenolic OH excluding ortho intramolecular Hbond substituents is 1. The van der Waals surface area contributed by atoms with E-state index in [0.717, 1.165) is 35.5 Å². The number of carboxylic acids is 1. The van der Waals surface area contributed by atoms with Crippen LogP contribution < -0.4 is 10.4 Å². The fourth-order valence-corrected chi connectivity index (χ4v) is 3.47. The summed E-state index contributed by atoms with van der Waals surface area (Å²) in [4.78, 5) is 21.7. The minimum atomic E-state index is -5.19. The minimum Gasteiger partial charge on any atom is -0.542 e. The maximum absolute atomic E-state index is 12.9. The molecule has 2 aliphatic rings. The van der Waals surface area contributed by atoms with E-state index in [0.29, 0.717) is 5.70 Å². The van der Waals surface area contributed by atoms with Crippen molar-refractivity contribution in [1.29, 1.82) is 0 Å². The van der Waals surface area contributed by atoms with Crippen molar-refractivity contribution in [2.75, 3.05) is 13.6 Å². The number of halogens is 3. The van der Waals surface area contributed by atoms with E-state index in [4.69, 9.17) is 9.90 Å². The van der Waals surface area contributed by atoms with Gasteiger partial charge in [0, 0.05) is 31.9 Å². The molecular weight excluding hydrogens is 427 g/mol. The Morgan fingerprint density at radius 1 is 1.28 bits per heavy atom. The van der Waals surface area contributed by atoms with E-state index in [1.54, 1.807) is 18.3 Å². The summed E-state index contributed by atoms with van der Waals surface area (Å²) in [6, 6.07) is 6.90. The van der Waals surface area contributed by atoms with Crippen molar-refractivity contribution < 1.29 is 37.5 Å². The molecule has 4 rings (SSSR count). The van der Waals surface area contributed by atoms with Crippen molar-refractivity contribution in [2.45, 2.75) is 12.6 Å². The summed E-state index contributed by atoms with van der Waals surface area (Å²) in [7, 11) is 3.99. The lowest BCUT2D eigenvalue weighted by Crippen LogP contribution is -2.37. The van der Waals surface area contributed by atoms with Crippen molar-refractivity contribution in [1.82, 2.24) is 9.88 Å². The number of aliphatic carboxylic acids is 1. The van der Waals surface area contributed by atoms with Gasteiger partial charge in [-0.3, -0.25) is 4.79 Å². The van der Waals surface area contributed by atoms with E-state index in [1.807, 2.05) is 35.9 Å². The molecule has 2 aromatic rings. The summed E-state index contributed by atoms with van der Waals surface area (Å²) in [6.45, 7) is 0.951. The van der Waals surface area contributed by atoms with Crippen LogP contribution in [0.15, 0.2) is 48.4 Å². The Morgan fingerprint density at radius 2 is 1.91 bits per heavy atom. The Balaban J connectivity index is 0.000000360. The number of Topliss-reactive ketones (excluding diaryl/α,β-unsaturated/α-hetero) is 1.